The number of aryl methyl sites for hydroxylation is 1. The SMILES string of the molecule is COc1ccc(NC(=O)N(CC(=O)O)CC(C)C)cc1C. The second kappa shape index (κ2) is 7.52. The number of rotatable bonds is 6. The molecule has 0 spiro atoms. The Morgan fingerprint density at radius 2 is 2.05 bits per heavy atom. The molecular weight excluding hydrogens is 272 g/mol. The van der Waals surface area contributed by atoms with Crippen LogP contribution in [0, 0.1) is 12.8 Å². The number of nitrogens with zero attached hydrogens (tertiary/aromatic N) is 1. The lowest BCUT2D eigenvalue weighted by atomic mass is 10.2. The fraction of sp³-hybridized carbons (Fsp3) is 0.467. The van der Waals surface area contributed by atoms with Gasteiger partial charge in [-0.05, 0) is 36.6 Å². The van der Waals surface area contributed by atoms with Crippen LogP contribution >= 0.6 is 0 Å². The topological polar surface area (TPSA) is 78.9 Å². The fourth-order valence-electron chi connectivity index (χ4n) is 1.98. The summed E-state index contributed by atoms with van der Waals surface area (Å²) in [6.07, 6.45) is 0. The number of urea groups is 1. The number of carbonyl (C=O) groups is 2. The highest BCUT2D eigenvalue weighted by Crippen LogP contribution is 2.21. The number of carbonyl (C=O) groups excluding carboxylic acids is 1. The predicted octanol–water partition coefficient (Wildman–Crippen LogP) is 2.58. The van der Waals surface area contributed by atoms with Crippen LogP contribution in [-0.2, 0) is 4.79 Å². The summed E-state index contributed by atoms with van der Waals surface area (Å²) in [4.78, 5) is 24.3. The Morgan fingerprint density at radius 1 is 1.38 bits per heavy atom. The number of carboxylic acids is 1. The third-order valence-electron chi connectivity index (χ3n) is 2.84. The van der Waals surface area contributed by atoms with E-state index in [9.17, 15) is 9.59 Å². The maximum absolute atomic E-state index is 12.2. The third kappa shape index (κ3) is 5.33. The van der Waals surface area contributed by atoms with Gasteiger partial charge in [-0.15, -0.1) is 0 Å². The number of ether oxygens (including phenoxy) is 1. The molecule has 0 aromatic heterocycles. The van der Waals surface area contributed by atoms with Gasteiger partial charge in [0.1, 0.15) is 12.3 Å². The molecule has 21 heavy (non-hydrogen) atoms. The lowest BCUT2D eigenvalue weighted by molar-refractivity contribution is -0.137. The van der Waals surface area contributed by atoms with Crippen LogP contribution < -0.4 is 10.1 Å². The monoisotopic (exact) mass is 294 g/mol. The minimum absolute atomic E-state index is 0.188. The summed E-state index contributed by atoms with van der Waals surface area (Å²) in [5.41, 5.74) is 1.50. The number of methoxy groups -OCH3 is 1. The molecule has 0 aliphatic heterocycles. The lowest BCUT2D eigenvalue weighted by Crippen LogP contribution is -2.40. The van der Waals surface area contributed by atoms with Crippen molar-refractivity contribution in [2.75, 3.05) is 25.5 Å². The maximum atomic E-state index is 12.2. The van der Waals surface area contributed by atoms with E-state index in [0.29, 0.717) is 12.2 Å². The Hall–Kier alpha value is -2.24. The van der Waals surface area contributed by atoms with Gasteiger partial charge in [0.15, 0.2) is 0 Å². The quantitative estimate of drug-likeness (QED) is 0.845. The van der Waals surface area contributed by atoms with Gasteiger partial charge in [-0.2, -0.15) is 0 Å². The first-order chi connectivity index (χ1) is 9.83. The molecule has 6 heteroatoms. The number of aliphatic carboxylic acids is 1. The minimum Gasteiger partial charge on any atom is -0.496 e. The highest BCUT2D eigenvalue weighted by atomic mass is 16.5. The highest BCUT2D eigenvalue weighted by Gasteiger charge is 2.18. The second-order valence-corrected chi connectivity index (χ2v) is 5.28. The summed E-state index contributed by atoms with van der Waals surface area (Å²) in [6.45, 7) is 5.80. The fourth-order valence-corrected chi connectivity index (χ4v) is 1.98. The first-order valence-electron chi connectivity index (χ1n) is 6.75. The van der Waals surface area contributed by atoms with E-state index < -0.39 is 12.0 Å². The smallest absolute Gasteiger partial charge is 0.323 e. The van der Waals surface area contributed by atoms with Crippen LogP contribution in [-0.4, -0.2) is 42.2 Å². The van der Waals surface area contributed by atoms with Crippen molar-refractivity contribution in [1.29, 1.82) is 0 Å². The standard InChI is InChI=1S/C15H22N2O4/c1-10(2)8-17(9-14(18)19)15(20)16-12-5-6-13(21-4)11(3)7-12/h5-7,10H,8-9H2,1-4H3,(H,16,20)(H,18,19). The van der Waals surface area contributed by atoms with Crippen molar-refractivity contribution in [3.63, 3.8) is 0 Å². The average Bonchev–Trinajstić information content (AvgIpc) is 2.37. The first kappa shape index (κ1) is 16.8. The lowest BCUT2D eigenvalue weighted by Gasteiger charge is -2.23. The summed E-state index contributed by atoms with van der Waals surface area (Å²) in [7, 11) is 1.58. The summed E-state index contributed by atoms with van der Waals surface area (Å²) < 4.78 is 5.16. The molecule has 0 aliphatic carbocycles. The summed E-state index contributed by atoms with van der Waals surface area (Å²) >= 11 is 0. The molecule has 0 radical (unpaired) electrons. The highest BCUT2D eigenvalue weighted by molar-refractivity contribution is 5.91. The van der Waals surface area contributed by atoms with Crippen molar-refractivity contribution in [2.24, 2.45) is 5.92 Å². The van der Waals surface area contributed by atoms with E-state index in [-0.39, 0.29) is 12.5 Å². The molecule has 116 valence electrons. The molecule has 1 aromatic carbocycles. The number of benzene rings is 1. The molecule has 2 amide bonds. The van der Waals surface area contributed by atoms with E-state index in [1.54, 1.807) is 25.3 Å². The number of carboxylic acid groups (broad SMARTS) is 1. The van der Waals surface area contributed by atoms with E-state index in [1.807, 2.05) is 20.8 Å². The number of hydrogen-bond acceptors (Lipinski definition) is 3. The van der Waals surface area contributed by atoms with Crippen molar-refractivity contribution in [3.8, 4) is 5.75 Å². The van der Waals surface area contributed by atoms with Crippen LogP contribution in [0.5, 0.6) is 5.75 Å². The van der Waals surface area contributed by atoms with Gasteiger partial charge in [0.25, 0.3) is 0 Å². The van der Waals surface area contributed by atoms with Crippen molar-refractivity contribution in [2.45, 2.75) is 20.8 Å². The number of amides is 2. The van der Waals surface area contributed by atoms with Crippen molar-refractivity contribution in [1.82, 2.24) is 4.90 Å². The molecule has 0 aliphatic rings. The molecule has 6 nitrogen and oxygen atoms in total. The zero-order chi connectivity index (χ0) is 16.0. The minimum atomic E-state index is -1.03. The van der Waals surface area contributed by atoms with Crippen molar-refractivity contribution >= 4 is 17.7 Å². The van der Waals surface area contributed by atoms with Gasteiger partial charge in [0.2, 0.25) is 0 Å². The van der Waals surface area contributed by atoms with Crippen LogP contribution in [0.3, 0.4) is 0 Å². The molecular formula is C15H22N2O4. The van der Waals surface area contributed by atoms with Crippen LogP contribution in [0.15, 0.2) is 18.2 Å². The van der Waals surface area contributed by atoms with Crippen LogP contribution in [0.4, 0.5) is 10.5 Å². The summed E-state index contributed by atoms with van der Waals surface area (Å²) in [5, 5.41) is 11.6. The molecule has 1 rings (SSSR count). The average molecular weight is 294 g/mol. The first-order valence-corrected chi connectivity index (χ1v) is 6.75. The second-order valence-electron chi connectivity index (χ2n) is 5.28. The van der Waals surface area contributed by atoms with E-state index in [2.05, 4.69) is 5.32 Å². The number of nitrogens with one attached hydrogen (secondary N) is 1. The van der Waals surface area contributed by atoms with Crippen LogP contribution in [0.1, 0.15) is 19.4 Å². The van der Waals surface area contributed by atoms with Gasteiger partial charge in [-0.1, -0.05) is 13.8 Å². The molecule has 0 fully saturated rings. The number of hydrogen-bond donors (Lipinski definition) is 2. The Labute approximate surface area is 124 Å². The Bertz CT molecular complexity index is 514. The zero-order valence-corrected chi connectivity index (χ0v) is 12.8. The molecule has 0 unspecified atom stereocenters. The number of anilines is 1. The van der Waals surface area contributed by atoms with Gasteiger partial charge in [0, 0.05) is 12.2 Å². The molecule has 2 N–H and O–H groups in total. The van der Waals surface area contributed by atoms with E-state index in [1.165, 1.54) is 4.90 Å². The van der Waals surface area contributed by atoms with E-state index in [0.717, 1.165) is 11.3 Å². The van der Waals surface area contributed by atoms with Gasteiger partial charge in [0.05, 0.1) is 7.11 Å². The van der Waals surface area contributed by atoms with Gasteiger partial charge in [-0.3, -0.25) is 4.79 Å². The molecule has 0 atom stereocenters. The van der Waals surface area contributed by atoms with E-state index in [4.69, 9.17) is 9.84 Å². The van der Waals surface area contributed by atoms with Gasteiger partial charge < -0.3 is 20.1 Å². The van der Waals surface area contributed by atoms with Gasteiger partial charge in [-0.25, -0.2) is 4.79 Å². The van der Waals surface area contributed by atoms with Crippen molar-refractivity contribution in [3.05, 3.63) is 23.8 Å². The third-order valence-corrected chi connectivity index (χ3v) is 2.84. The van der Waals surface area contributed by atoms with E-state index >= 15 is 0 Å². The van der Waals surface area contributed by atoms with Gasteiger partial charge >= 0.3 is 12.0 Å². The Kier molecular flexibility index (Phi) is 6.02. The van der Waals surface area contributed by atoms with Crippen LogP contribution in [0.2, 0.25) is 0 Å². The molecule has 0 heterocycles. The molecule has 0 saturated heterocycles. The normalized spacial score (nSPS) is 10.3. The Morgan fingerprint density at radius 3 is 2.52 bits per heavy atom. The predicted molar refractivity (Wildman–Crippen MR) is 80.8 cm³/mol. The maximum Gasteiger partial charge on any atom is 0.323 e. The molecule has 1 aromatic rings. The zero-order valence-electron chi connectivity index (χ0n) is 12.8. The van der Waals surface area contributed by atoms with Crippen molar-refractivity contribution < 1.29 is 19.4 Å². The largest absolute Gasteiger partial charge is 0.496 e. The molecule has 0 saturated carbocycles. The van der Waals surface area contributed by atoms with Crippen LogP contribution in [0.25, 0.3) is 0 Å². The Balaban J connectivity index is 2.80. The molecule has 0 bridgehead atoms. The summed E-state index contributed by atoms with van der Waals surface area (Å²) in [5.74, 6) is -0.109. The summed E-state index contributed by atoms with van der Waals surface area (Å²) in [6, 6.07) is 4.84.